The molecule has 1 aliphatic rings. The summed E-state index contributed by atoms with van der Waals surface area (Å²) in [5.41, 5.74) is 1.21. The van der Waals surface area contributed by atoms with Crippen molar-refractivity contribution in [1.82, 2.24) is 14.9 Å². The average Bonchev–Trinajstić information content (AvgIpc) is 3.08. The number of rotatable bonds is 7. The Balaban J connectivity index is 2.05. The maximum Gasteiger partial charge on any atom is 0.170 e. The number of carbonyl (C=O) groups is 1. The van der Waals surface area contributed by atoms with Gasteiger partial charge in [-0.1, -0.05) is 0 Å². The fourth-order valence-corrected chi connectivity index (χ4v) is 2.77. The molecule has 7 nitrogen and oxygen atoms in total. The van der Waals surface area contributed by atoms with Crippen molar-refractivity contribution >= 4 is 18.8 Å². The minimum absolute atomic E-state index is 0.366. The van der Waals surface area contributed by atoms with Crippen molar-refractivity contribution in [2.24, 2.45) is 15.9 Å². The Morgan fingerprint density at radius 1 is 1.58 bits per heavy atom. The third-order valence-electron chi connectivity index (χ3n) is 4.22. The van der Waals surface area contributed by atoms with E-state index in [1.165, 1.54) is 0 Å². The Hall–Kier alpha value is -2.12. The molecular formula is C17H25N5O2. The normalized spacial score (nSPS) is 18.4. The zero-order chi connectivity index (χ0) is 17.4. The number of allylic oxidation sites excluding steroid dienone is 1. The predicted molar refractivity (Wildman–Crippen MR) is 94.8 cm³/mol. The van der Waals surface area contributed by atoms with Crippen molar-refractivity contribution in [3.8, 4) is 0 Å². The minimum Gasteiger partial charge on any atom is -0.381 e. The molecule has 0 aliphatic carbocycles. The van der Waals surface area contributed by atoms with E-state index in [2.05, 4.69) is 33.9 Å². The zero-order valence-electron chi connectivity index (χ0n) is 14.3. The second-order valence-electron chi connectivity index (χ2n) is 5.90. The lowest BCUT2D eigenvalue weighted by atomic mass is 9.93. The maximum absolute atomic E-state index is 10.8. The highest BCUT2D eigenvalue weighted by atomic mass is 16.5. The molecule has 1 aromatic rings. The predicted octanol–water partition coefficient (Wildman–Crippen LogP) is 1.91. The van der Waals surface area contributed by atoms with Gasteiger partial charge in [0.2, 0.25) is 0 Å². The van der Waals surface area contributed by atoms with Crippen LogP contribution in [0.4, 0.5) is 0 Å². The van der Waals surface area contributed by atoms with Crippen LogP contribution in [0.2, 0.25) is 0 Å². The van der Waals surface area contributed by atoms with Gasteiger partial charge in [-0.05, 0) is 39.3 Å². The molecule has 1 aromatic heterocycles. The van der Waals surface area contributed by atoms with Crippen molar-refractivity contribution in [2.75, 3.05) is 19.9 Å². The third kappa shape index (κ3) is 4.94. The number of ether oxygens (including phenoxy) is 1. The van der Waals surface area contributed by atoms with Gasteiger partial charge in [0.25, 0.3) is 0 Å². The number of nitrogens with zero attached hydrogens (tertiary/aromatic N) is 4. The standard InChI is InChI=1S/C17H25N5O2/c1-13(8-18-3)17(22-9-16(10-23)21-12-22)20-11-19-14(2)15-4-6-24-7-5-15/h8-10,12,14-15,19H,3-7,11H2,1-2H3/b13-8-,20-17?. The van der Waals surface area contributed by atoms with Crippen LogP contribution >= 0.6 is 0 Å². The first-order valence-corrected chi connectivity index (χ1v) is 8.13. The smallest absolute Gasteiger partial charge is 0.170 e. The van der Waals surface area contributed by atoms with E-state index in [1.807, 2.05) is 6.92 Å². The van der Waals surface area contributed by atoms with E-state index in [-0.39, 0.29) is 0 Å². The Morgan fingerprint density at radius 3 is 2.96 bits per heavy atom. The van der Waals surface area contributed by atoms with Crippen molar-refractivity contribution in [3.63, 3.8) is 0 Å². The van der Waals surface area contributed by atoms with E-state index in [4.69, 9.17) is 4.74 Å². The number of aliphatic imine (C=N–C) groups is 2. The molecule has 0 aromatic carbocycles. The van der Waals surface area contributed by atoms with Gasteiger partial charge < -0.3 is 4.74 Å². The monoisotopic (exact) mass is 331 g/mol. The van der Waals surface area contributed by atoms with Gasteiger partial charge in [0.05, 0.1) is 6.67 Å². The summed E-state index contributed by atoms with van der Waals surface area (Å²) < 4.78 is 7.13. The second kappa shape index (κ2) is 9.24. The molecule has 1 N–H and O–H groups in total. The van der Waals surface area contributed by atoms with Crippen LogP contribution in [-0.2, 0) is 4.74 Å². The number of aldehydes is 1. The summed E-state index contributed by atoms with van der Waals surface area (Å²) in [6.07, 6.45) is 7.73. The van der Waals surface area contributed by atoms with Gasteiger partial charge in [-0.15, -0.1) is 0 Å². The van der Waals surface area contributed by atoms with Gasteiger partial charge in [-0.25, -0.2) is 4.98 Å². The Bertz CT molecular complexity index is 614. The number of carbonyl (C=O) groups excluding carboxylic acids is 1. The number of imidazole rings is 1. The largest absolute Gasteiger partial charge is 0.381 e. The van der Waals surface area contributed by atoms with Crippen molar-refractivity contribution in [1.29, 1.82) is 0 Å². The summed E-state index contributed by atoms with van der Waals surface area (Å²) in [6.45, 7) is 9.70. The molecule has 0 spiro atoms. The molecule has 1 aliphatic heterocycles. The molecule has 24 heavy (non-hydrogen) atoms. The molecule has 0 amide bonds. The van der Waals surface area contributed by atoms with E-state index in [1.54, 1.807) is 23.3 Å². The molecule has 1 fully saturated rings. The van der Waals surface area contributed by atoms with Crippen LogP contribution in [0.25, 0.3) is 0 Å². The van der Waals surface area contributed by atoms with Crippen LogP contribution < -0.4 is 5.32 Å². The van der Waals surface area contributed by atoms with Crippen molar-refractivity contribution in [2.45, 2.75) is 32.7 Å². The van der Waals surface area contributed by atoms with Gasteiger partial charge in [-0.3, -0.25) is 24.7 Å². The first-order chi connectivity index (χ1) is 11.7. The molecule has 1 saturated heterocycles. The highest BCUT2D eigenvalue weighted by molar-refractivity contribution is 5.99. The third-order valence-corrected chi connectivity index (χ3v) is 4.22. The van der Waals surface area contributed by atoms with Crippen LogP contribution in [0.1, 0.15) is 37.2 Å². The Kier molecular flexibility index (Phi) is 7.02. The number of hydrogen-bond acceptors (Lipinski definition) is 6. The molecule has 2 rings (SSSR count). The van der Waals surface area contributed by atoms with Crippen LogP contribution in [0.3, 0.4) is 0 Å². The topological polar surface area (TPSA) is 80.9 Å². The number of hydrogen-bond donors (Lipinski definition) is 1. The molecule has 130 valence electrons. The second-order valence-corrected chi connectivity index (χ2v) is 5.90. The quantitative estimate of drug-likeness (QED) is 0.470. The summed E-state index contributed by atoms with van der Waals surface area (Å²) in [4.78, 5) is 23.3. The Labute approximate surface area is 142 Å². The number of aromatic nitrogens is 2. The van der Waals surface area contributed by atoms with Gasteiger partial charge >= 0.3 is 0 Å². The SMILES string of the molecule is C=N/C=C(/C)C(=NCNC(C)C1CCOCC1)n1cnc(C=O)c1. The lowest BCUT2D eigenvalue weighted by molar-refractivity contribution is 0.0561. The lowest BCUT2D eigenvalue weighted by Gasteiger charge is -2.28. The number of nitrogens with one attached hydrogen (secondary N) is 1. The average molecular weight is 331 g/mol. The van der Waals surface area contributed by atoms with Gasteiger partial charge in [0.1, 0.15) is 17.9 Å². The molecule has 1 unspecified atom stereocenters. The summed E-state index contributed by atoms with van der Waals surface area (Å²) in [6, 6.07) is 0.369. The van der Waals surface area contributed by atoms with Crippen molar-refractivity contribution in [3.05, 3.63) is 30.0 Å². The van der Waals surface area contributed by atoms with Gasteiger partial charge in [0.15, 0.2) is 6.29 Å². The van der Waals surface area contributed by atoms with E-state index >= 15 is 0 Å². The summed E-state index contributed by atoms with van der Waals surface area (Å²) in [5, 5.41) is 3.45. The molecule has 0 saturated carbocycles. The lowest BCUT2D eigenvalue weighted by Crippen LogP contribution is -2.37. The minimum atomic E-state index is 0.366. The van der Waals surface area contributed by atoms with E-state index in [0.717, 1.165) is 31.6 Å². The zero-order valence-corrected chi connectivity index (χ0v) is 14.3. The van der Waals surface area contributed by atoms with E-state index in [9.17, 15) is 4.79 Å². The molecule has 2 heterocycles. The highest BCUT2D eigenvalue weighted by Crippen LogP contribution is 2.18. The molecular weight excluding hydrogens is 306 g/mol. The molecule has 0 radical (unpaired) electrons. The van der Waals surface area contributed by atoms with Crippen LogP contribution in [0.15, 0.2) is 34.3 Å². The fourth-order valence-electron chi connectivity index (χ4n) is 2.77. The summed E-state index contributed by atoms with van der Waals surface area (Å²) in [7, 11) is 0. The Morgan fingerprint density at radius 2 is 2.33 bits per heavy atom. The van der Waals surface area contributed by atoms with Gasteiger partial charge in [0, 0.05) is 37.2 Å². The van der Waals surface area contributed by atoms with Crippen LogP contribution in [-0.4, -0.2) is 54.3 Å². The van der Waals surface area contributed by atoms with Crippen LogP contribution in [0, 0.1) is 5.92 Å². The molecule has 0 bridgehead atoms. The van der Waals surface area contributed by atoms with Crippen molar-refractivity contribution < 1.29 is 9.53 Å². The first-order valence-electron chi connectivity index (χ1n) is 8.13. The molecule has 1 atom stereocenters. The van der Waals surface area contributed by atoms with E-state index < -0.39 is 0 Å². The summed E-state index contributed by atoms with van der Waals surface area (Å²) >= 11 is 0. The van der Waals surface area contributed by atoms with Crippen LogP contribution in [0.5, 0.6) is 0 Å². The fraction of sp³-hybridized carbons (Fsp3) is 0.529. The summed E-state index contributed by atoms with van der Waals surface area (Å²) in [5.74, 6) is 1.30. The highest BCUT2D eigenvalue weighted by Gasteiger charge is 2.19. The maximum atomic E-state index is 10.8. The van der Waals surface area contributed by atoms with E-state index in [0.29, 0.717) is 36.4 Å². The first kappa shape index (κ1) is 18.2. The molecule has 7 heteroatoms. The van der Waals surface area contributed by atoms with Gasteiger partial charge in [-0.2, -0.15) is 0 Å².